The van der Waals surface area contributed by atoms with Gasteiger partial charge in [-0.2, -0.15) is 4.99 Å². The lowest BCUT2D eigenvalue weighted by atomic mass is 10.1. The minimum Gasteiger partial charge on any atom is -0.315 e. The second-order valence-electron chi connectivity index (χ2n) is 7.05. The molecule has 2 heterocycles. The minimum atomic E-state index is -3.16. The number of amidine groups is 1. The highest BCUT2D eigenvalue weighted by atomic mass is 32.2. The predicted molar refractivity (Wildman–Crippen MR) is 110 cm³/mol. The number of anilines is 1. The Balaban J connectivity index is 1.67. The standard InChI is InChI=1S/C20H19FN2O3S2/c1-13-7-8-15(10-16(13)21)23-17-11-28(25,26)12-18(17)27-20(23)22-19(24)9-14-5-3-2-4-6-14/h2-8,10,17-18H,9,11-12H2,1H3/t17-,18-/m1/s1. The van der Waals surface area contributed by atoms with Crippen molar-refractivity contribution in [2.24, 2.45) is 4.99 Å². The summed E-state index contributed by atoms with van der Waals surface area (Å²) in [5, 5.41) is 0.228. The molecule has 5 nitrogen and oxygen atoms in total. The van der Waals surface area contributed by atoms with Crippen molar-refractivity contribution in [3.8, 4) is 0 Å². The Labute approximate surface area is 167 Å². The van der Waals surface area contributed by atoms with Crippen LogP contribution >= 0.6 is 11.8 Å². The molecule has 4 rings (SSSR count). The molecule has 2 aliphatic rings. The summed E-state index contributed by atoms with van der Waals surface area (Å²) in [6.07, 6.45) is 0.161. The number of nitrogens with zero attached hydrogens (tertiary/aromatic N) is 2. The molecule has 8 heteroatoms. The number of carbonyl (C=O) groups is 1. The predicted octanol–water partition coefficient (Wildman–Crippen LogP) is 2.98. The summed E-state index contributed by atoms with van der Waals surface area (Å²) < 4.78 is 38.3. The molecule has 0 aromatic heterocycles. The molecule has 2 aromatic rings. The molecule has 2 aliphatic heterocycles. The van der Waals surface area contributed by atoms with E-state index in [1.807, 2.05) is 30.3 Å². The maximum absolute atomic E-state index is 14.1. The van der Waals surface area contributed by atoms with Crippen LogP contribution in [0.5, 0.6) is 0 Å². The second-order valence-corrected chi connectivity index (χ2v) is 10.4. The van der Waals surface area contributed by atoms with E-state index in [0.29, 0.717) is 16.4 Å². The molecule has 146 valence electrons. The van der Waals surface area contributed by atoms with Gasteiger partial charge in [-0.25, -0.2) is 12.8 Å². The number of aliphatic imine (C=N–C) groups is 1. The van der Waals surface area contributed by atoms with Gasteiger partial charge in [-0.05, 0) is 30.2 Å². The number of hydrogen-bond donors (Lipinski definition) is 0. The van der Waals surface area contributed by atoms with Gasteiger partial charge in [0.1, 0.15) is 5.82 Å². The minimum absolute atomic E-state index is 0.0218. The summed E-state index contributed by atoms with van der Waals surface area (Å²) >= 11 is 1.29. The van der Waals surface area contributed by atoms with Gasteiger partial charge in [-0.1, -0.05) is 48.2 Å². The van der Waals surface area contributed by atoms with Crippen LogP contribution in [0.25, 0.3) is 0 Å². The first-order valence-electron chi connectivity index (χ1n) is 8.90. The van der Waals surface area contributed by atoms with E-state index in [1.54, 1.807) is 24.0 Å². The number of sulfone groups is 1. The Hall–Kier alpha value is -2.19. The maximum Gasteiger partial charge on any atom is 0.252 e. The van der Waals surface area contributed by atoms with E-state index in [1.165, 1.54) is 17.8 Å². The van der Waals surface area contributed by atoms with Crippen LogP contribution in [0.1, 0.15) is 11.1 Å². The van der Waals surface area contributed by atoms with E-state index in [0.717, 1.165) is 5.56 Å². The zero-order valence-corrected chi connectivity index (χ0v) is 16.8. The van der Waals surface area contributed by atoms with E-state index < -0.39 is 9.84 Å². The van der Waals surface area contributed by atoms with Gasteiger partial charge in [0.05, 0.1) is 24.0 Å². The third-order valence-corrected chi connectivity index (χ3v) is 8.13. The Kier molecular flexibility index (Phi) is 5.01. The lowest BCUT2D eigenvalue weighted by Gasteiger charge is -2.24. The van der Waals surface area contributed by atoms with E-state index in [9.17, 15) is 17.6 Å². The summed E-state index contributed by atoms with van der Waals surface area (Å²) in [5.41, 5.74) is 1.88. The van der Waals surface area contributed by atoms with Crippen LogP contribution in [-0.4, -0.2) is 42.3 Å². The second kappa shape index (κ2) is 7.33. The van der Waals surface area contributed by atoms with Crippen molar-refractivity contribution in [1.29, 1.82) is 0 Å². The molecule has 2 aromatic carbocycles. The average molecular weight is 419 g/mol. The van der Waals surface area contributed by atoms with Crippen molar-refractivity contribution in [3.63, 3.8) is 0 Å². The average Bonchev–Trinajstić information content (AvgIpc) is 3.09. The zero-order valence-electron chi connectivity index (χ0n) is 15.2. The third kappa shape index (κ3) is 3.84. The van der Waals surface area contributed by atoms with Gasteiger partial charge in [-0.15, -0.1) is 0 Å². The maximum atomic E-state index is 14.1. The molecule has 0 radical (unpaired) electrons. The van der Waals surface area contributed by atoms with Crippen LogP contribution in [0.3, 0.4) is 0 Å². The van der Waals surface area contributed by atoms with Crippen molar-refractivity contribution in [3.05, 3.63) is 65.5 Å². The zero-order chi connectivity index (χ0) is 19.9. The highest BCUT2D eigenvalue weighted by molar-refractivity contribution is 8.16. The fraction of sp³-hybridized carbons (Fsp3) is 0.300. The Morgan fingerprint density at radius 3 is 2.68 bits per heavy atom. The molecular formula is C20H19FN2O3S2. The molecule has 1 amide bonds. The number of aryl methyl sites for hydroxylation is 1. The first kappa shape index (κ1) is 19.1. The van der Waals surface area contributed by atoms with E-state index in [-0.39, 0.29) is 40.9 Å². The quantitative estimate of drug-likeness (QED) is 0.767. The van der Waals surface area contributed by atoms with E-state index in [2.05, 4.69) is 4.99 Å². The SMILES string of the molecule is Cc1ccc(N2C(=NC(=O)Cc3ccccc3)S[C@@H]3CS(=O)(=O)C[C@H]32)cc1F. The number of hydrogen-bond acceptors (Lipinski definition) is 4. The van der Waals surface area contributed by atoms with Crippen molar-refractivity contribution < 1.29 is 17.6 Å². The van der Waals surface area contributed by atoms with Crippen LogP contribution in [0, 0.1) is 12.7 Å². The number of thioether (sulfide) groups is 1. The first-order chi connectivity index (χ1) is 13.3. The number of fused-ring (bicyclic) bond motifs is 1. The van der Waals surface area contributed by atoms with Crippen LogP contribution in [0.2, 0.25) is 0 Å². The van der Waals surface area contributed by atoms with Crippen LogP contribution in [0.15, 0.2) is 53.5 Å². The molecule has 0 unspecified atom stereocenters. The third-order valence-electron chi connectivity index (χ3n) is 4.92. The van der Waals surface area contributed by atoms with Crippen LogP contribution < -0.4 is 4.90 Å². The summed E-state index contributed by atoms with van der Waals surface area (Å²) in [7, 11) is -3.16. The summed E-state index contributed by atoms with van der Waals surface area (Å²) in [4.78, 5) is 18.5. The topological polar surface area (TPSA) is 66.8 Å². The van der Waals surface area contributed by atoms with Crippen molar-refractivity contribution >= 4 is 38.4 Å². The van der Waals surface area contributed by atoms with Crippen molar-refractivity contribution in [2.45, 2.75) is 24.6 Å². The van der Waals surface area contributed by atoms with Gasteiger partial charge in [-0.3, -0.25) is 4.79 Å². The number of rotatable bonds is 3. The van der Waals surface area contributed by atoms with Gasteiger partial charge in [0.15, 0.2) is 15.0 Å². The summed E-state index contributed by atoms with van der Waals surface area (Å²) in [5.74, 6) is -0.665. The lowest BCUT2D eigenvalue weighted by Crippen LogP contribution is -2.37. The fourth-order valence-electron chi connectivity index (χ4n) is 3.51. The molecule has 28 heavy (non-hydrogen) atoms. The molecular weight excluding hydrogens is 399 g/mol. The molecule has 0 spiro atoms. The molecule has 0 N–H and O–H groups in total. The Morgan fingerprint density at radius 1 is 1.21 bits per heavy atom. The van der Waals surface area contributed by atoms with Crippen molar-refractivity contribution in [1.82, 2.24) is 0 Å². The number of benzene rings is 2. The smallest absolute Gasteiger partial charge is 0.252 e. The normalized spacial score (nSPS) is 24.5. The first-order valence-corrected chi connectivity index (χ1v) is 11.6. The van der Waals surface area contributed by atoms with Gasteiger partial charge < -0.3 is 4.90 Å². The Bertz CT molecular complexity index is 1050. The van der Waals surface area contributed by atoms with Crippen LogP contribution in [0.4, 0.5) is 10.1 Å². The van der Waals surface area contributed by atoms with Gasteiger partial charge in [0, 0.05) is 10.9 Å². The van der Waals surface area contributed by atoms with E-state index in [4.69, 9.17) is 0 Å². The molecule has 2 saturated heterocycles. The Morgan fingerprint density at radius 2 is 1.96 bits per heavy atom. The molecule has 2 fully saturated rings. The highest BCUT2D eigenvalue weighted by Gasteiger charge is 2.49. The number of amides is 1. The van der Waals surface area contributed by atoms with E-state index >= 15 is 0 Å². The molecule has 0 saturated carbocycles. The van der Waals surface area contributed by atoms with Gasteiger partial charge in [0.2, 0.25) is 0 Å². The van der Waals surface area contributed by atoms with Crippen molar-refractivity contribution in [2.75, 3.05) is 16.4 Å². The number of halogens is 1. The monoisotopic (exact) mass is 418 g/mol. The largest absolute Gasteiger partial charge is 0.315 e. The number of carbonyl (C=O) groups excluding carboxylic acids is 1. The summed E-state index contributed by atoms with van der Waals surface area (Å²) in [6.45, 7) is 1.67. The molecule has 2 atom stereocenters. The molecule has 0 aliphatic carbocycles. The molecule has 0 bridgehead atoms. The van der Waals surface area contributed by atoms with Gasteiger partial charge >= 0.3 is 0 Å². The fourth-order valence-corrected chi connectivity index (χ4v) is 7.45. The van der Waals surface area contributed by atoms with Gasteiger partial charge in [0.25, 0.3) is 5.91 Å². The van der Waals surface area contributed by atoms with Crippen LogP contribution in [-0.2, 0) is 21.1 Å². The lowest BCUT2D eigenvalue weighted by molar-refractivity contribution is -0.117. The highest BCUT2D eigenvalue weighted by Crippen LogP contribution is 2.41. The summed E-state index contributed by atoms with van der Waals surface area (Å²) in [6, 6.07) is 13.7.